The topological polar surface area (TPSA) is 112 Å². The molecule has 0 aliphatic carbocycles. The number of aromatic nitrogens is 1. The van der Waals surface area contributed by atoms with Gasteiger partial charge in [0.15, 0.2) is 0 Å². The average molecular weight is 480 g/mol. The number of rotatable bonds is 6. The van der Waals surface area contributed by atoms with E-state index in [2.05, 4.69) is 10.3 Å². The van der Waals surface area contributed by atoms with Crippen molar-refractivity contribution in [1.29, 1.82) is 0 Å². The molecule has 12 heteroatoms. The molecule has 32 heavy (non-hydrogen) atoms. The van der Waals surface area contributed by atoms with E-state index in [0.717, 1.165) is 0 Å². The third-order valence-electron chi connectivity index (χ3n) is 5.43. The summed E-state index contributed by atoms with van der Waals surface area (Å²) in [4.78, 5) is 33.2. The van der Waals surface area contributed by atoms with Gasteiger partial charge in [0.05, 0.1) is 24.6 Å². The third-order valence-corrected chi connectivity index (χ3v) is 8.18. The molecule has 1 N–H and O–H groups in total. The lowest BCUT2D eigenvalue weighted by Crippen LogP contribution is -2.51. The first kappa shape index (κ1) is 22.6. The second-order valence-corrected chi connectivity index (χ2v) is 10.3. The lowest BCUT2D eigenvalue weighted by molar-refractivity contribution is -0.130. The summed E-state index contributed by atoms with van der Waals surface area (Å²) in [5, 5.41) is 4.47. The van der Waals surface area contributed by atoms with Crippen molar-refractivity contribution < 1.29 is 22.7 Å². The number of carbonyl (C=O) groups is 2. The normalized spacial score (nSPS) is 17.9. The number of sulfonamides is 1. The molecule has 172 valence electrons. The van der Waals surface area contributed by atoms with E-state index in [4.69, 9.17) is 4.74 Å². The van der Waals surface area contributed by atoms with E-state index in [9.17, 15) is 18.0 Å². The minimum atomic E-state index is -3.57. The Kier molecular flexibility index (Phi) is 7.04. The van der Waals surface area contributed by atoms with Gasteiger partial charge < -0.3 is 19.9 Å². The van der Waals surface area contributed by atoms with Crippen LogP contribution in [0.15, 0.2) is 40.7 Å². The molecular weight excluding hydrogens is 454 g/mol. The van der Waals surface area contributed by atoms with Crippen molar-refractivity contribution in [3.8, 4) is 0 Å². The van der Waals surface area contributed by atoms with E-state index in [1.54, 1.807) is 29.2 Å². The zero-order valence-corrected chi connectivity index (χ0v) is 19.1. The fraction of sp³-hybridized carbons (Fsp3) is 0.450. The van der Waals surface area contributed by atoms with Crippen LogP contribution in [0, 0.1) is 0 Å². The summed E-state index contributed by atoms with van der Waals surface area (Å²) in [5.41, 5.74) is 0. The Morgan fingerprint density at radius 1 is 1.06 bits per heavy atom. The molecule has 0 spiro atoms. The molecule has 0 aromatic carbocycles. The predicted octanol–water partition coefficient (Wildman–Crippen LogP) is 0.243. The van der Waals surface area contributed by atoms with Crippen LogP contribution in [0.25, 0.3) is 0 Å². The lowest BCUT2D eigenvalue weighted by atomic mass is 10.3. The van der Waals surface area contributed by atoms with Crippen LogP contribution in [0.5, 0.6) is 0 Å². The average Bonchev–Trinajstić information content (AvgIpc) is 3.38. The van der Waals surface area contributed by atoms with Crippen molar-refractivity contribution >= 4 is 39.0 Å². The maximum atomic E-state index is 12.7. The van der Waals surface area contributed by atoms with Gasteiger partial charge in [-0.2, -0.15) is 4.31 Å². The molecule has 2 aromatic rings. The van der Waals surface area contributed by atoms with Gasteiger partial charge >= 0.3 is 0 Å². The molecule has 10 nitrogen and oxygen atoms in total. The molecule has 4 rings (SSSR count). The number of hydrogen-bond acceptors (Lipinski definition) is 8. The van der Waals surface area contributed by atoms with Crippen molar-refractivity contribution in [2.75, 3.05) is 63.9 Å². The highest BCUT2D eigenvalue weighted by atomic mass is 32.2. The highest BCUT2D eigenvalue weighted by Gasteiger charge is 2.27. The zero-order chi connectivity index (χ0) is 22.6. The molecule has 0 saturated carbocycles. The zero-order valence-electron chi connectivity index (χ0n) is 17.5. The maximum Gasteiger partial charge on any atom is 0.261 e. The molecule has 0 unspecified atom stereocenters. The molecule has 2 fully saturated rings. The molecular formula is C20H25N5O5S2. The minimum absolute atomic E-state index is 0.0386. The molecule has 2 aliphatic heterocycles. The first-order valence-corrected chi connectivity index (χ1v) is 12.7. The van der Waals surface area contributed by atoms with Crippen LogP contribution in [0.1, 0.15) is 9.67 Å². The van der Waals surface area contributed by atoms with E-state index in [1.807, 2.05) is 10.3 Å². The summed E-state index contributed by atoms with van der Waals surface area (Å²) >= 11 is 1.33. The van der Waals surface area contributed by atoms with Crippen molar-refractivity contribution in [2.45, 2.75) is 4.90 Å². The number of nitrogens with one attached hydrogen (secondary N) is 1. The quantitative estimate of drug-likeness (QED) is 0.632. The Bertz CT molecular complexity index is 1030. The number of anilines is 1. The minimum Gasteiger partial charge on any atom is -0.379 e. The second kappa shape index (κ2) is 9.94. The number of amides is 2. The van der Waals surface area contributed by atoms with Gasteiger partial charge in [-0.15, -0.1) is 11.3 Å². The SMILES string of the molecule is O=C(NCC(=O)N1CCN(c2ccc(S(=O)(=O)N3CCOCC3)cn2)CC1)c1cccs1. The van der Waals surface area contributed by atoms with E-state index >= 15 is 0 Å². The number of piperazine rings is 1. The van der Waals surface area contributed by atoms with Gasteiger partial charge in [-0.3, -0.25) is 9.59 Å². The maximum absolute atomic E-state index is 12.7. The molecule has 2 amide bonds. The Balaban J connectivity index is 1.28. The van der Waals surface area contributed by atoms with Gasteiger partial charge in [0.2, 0.25) is 15.9 Å². The summed E-state index contributed by atoms with van der Waals surface area (Å²) < 4.78 is 32.1. The number of pyridine rings is 1. The van der Waals surface area contributed by atoms with Gasteiger partial charge in [0.1, 0.15) is 10.7 Å². The standard InChI is InChI=1S/C20H25N5O5S2/c26-19(15-22-20(27)17-2-1-13-31-17)24-7-5-23(6-8-24)18-4-3-16(14-21-18)32(28,29)25-9-11-30-12-10-25/h1-4,13-14H,5-12,15H2,(H,22,27). The Labute approximate surface area is 190 Å². The molecule has 2 saturated heterocycles. The van der Waals surface area contributed by atoms with Crippen LogP contribution in [0.4, 0.5) is 5.82 Å². The van der Waals surface area contributed by atoms with Crippen molar-refractivity contribution in [1.82, 2.24) is 19.5 Å². The fourth-order valence-corrected chi connectivity index (χ4v) is 5.59. The van der Waals surface area contributed by atoms with Crippen LogP contribution in [0.3, 0.4) is 0 Å². The summed E-state index contributed by atoms with van der Waals surface area (Å²) in [6.45, 7) is 3.59. The Morgan fingerprint density at radius 2 is 1.81 bits per heavy atom. The summed E-state index contributed by atoms with van der Waals surface area (Å²) in [5.74, 6) is 0.293. The lowest BCUT2D eigenvalue weighted by Gasteiger charge is -2.35. The number of morpholine rings is 1. The van der Waals surface area contributed by atoms with Gasteiger partial charge in [0, 0.05) is 45.5 Å². The van der Waals surface area contributed by atoms with E-state index in [1.165, 1.54) is 21.8 Å². The summed E-state index contributed by atoms with van der Waals surface area (Å²) in [6.07, 6.45) is 1.39. The highest BCUT2D eigenvalue weighted by molar-refractivity contribution is 7.89. The number of carbonyl (C=O) groups excluding carboxylic acids is 2. The highest BCUT2D eigenvalue weighted by Crippen LogP contribution is 2.20. The van der Waals surface area contributed by atoms with Crippen LogP contribution in [-0.4, -0.2) is 93.4 Å². The first-order chi connectivity index (χ1) is 15.4. The van der Waals surface area contributed by atoms with Gasteiger partial charge in [-0.25, -0.2) is 13.4 Å². The van der Waals surface area contributed by atoms with Gasteiger partial charge in [-0.1, -0.05) is 6.07 Å². The number of hydrogen-bond donors (Lipinski definition) is 1. The van der Waals surface area contributed by atoms with Crippen LogP contribution < -0.4 is 10.2 Å². The van der Waals surface area contributed by atoms with Crippen molar-refractivity contribution in [3.63, 3.8) is 0 Å². The summed E-state index contributed by atoms with van der Waals surface area (Å²) in [7, 11) is -3.57. The summed E-state index contributed by atoms with van der Waals surface area (Å²) in [6, 6.07) is 6.78. The van der Waals surface area contributed by atoms with Crippen LogP contribution >= 0.6 is 11.3 Å². The van der Waals surface area contributed by atoms with Gasteiger partial charge in [-0.05, 0) is 23.6 Å². The molecule has 2 aliphatic rings. The van der Waals surface area contributed by atoms with E-state index in [0.29, 0.717) is 63.2 Å². The van der Waals surface area contributed by atoms with Crippen LogP contribution in [-0.2, 0) is 19.6 Å². The smallest absolute Gasteiger partial charge is 0.261 e. The van der Waals surface area contributed by atoms with Crippen molar-refractivity contribution in [2.24, 2.45) is 0 Å². The molecule has 0 atom stereocenters. The predicted molar refractivity (Wildman–Crippen MR) is 119 cm³/mol. The van der Waals surface area contributed by atoms with E-state index < -0.39 is 10.0 Å². The Hall–Kier alpha value is -2.54. The Morgan fingerprint density at radius 3 is 2.44 bits per heavy atom. The number of thiophene rings is 1. The monoisotopic (exact) mass is 479 g/mol. The van der Waals surface area contributed by atoms with Crippen LogP contribution in [0.2, 0.25) is 0 Å². The fourth-order valence-electron chi connectivity index (χ4n) is 3.60. The number of ether oxygens (including phenoxy) is 1. The van der Waals surface area contributed by atoms with Gasteiger partial charge in [0.25, 0.3) is 5.91 Å². The first-order valence-electron chi connectivity index (χ1n) is 10.3. The third kappa shape index (κ3) is 5.09. The van der Waals surface area contributed by atoms with E-state index in [-0.39, 0.29) is 23.3 Å². The molecule has 0 bridgehead atoms. The molecule has 0 radical (unpaired) electrons. The second-order valence-electron chi connectivity index (χ2n) is 7.40. The number of nitrogens with zero attached hydrogens (tertiary/aromatic N) is 4. The van der Waals surface area contributed by atoms with Crippen molar-refractivity contribution in [3.05, 3.63) is 40.7 Å². The largest absolute Gasteiger partial charge is 0.379 e. The molecule has 2 aromatic heterocycles. The molecule has 4 heterocycles.